The van der Waals surface area contributed by atoms with Crippen LogP contribution in [0.3, 0.4) is 0 Å². The normalized spacial score (nSPS) is 12.0. The number of hydrogen-bond donors (Lipinski definition) is 0. The molecule has 0 amide bonds. The Kier molecular flexibility index (Phi) is 3.20. The van der Waals surface area contributed by atoms with Crippen molar-refractivity contribution in [3.05, 3.63) is 24.3 Å². The number of imidazole rings is 1. The van der Waals surface area contributed by atoms with Gasteiger partial charge in [-0.15, -0.1) is 0 Å². The third-order valence-corrected chi connectivity index (χ3v) is 3.44. The minimum atomic E-state index is -0.561. The fourth-order valence-electron chi connectivity index (χ4n) is 2.07. The molecule has 0 saturated heterocycles. The third-order valence-electron chi connectivity index (χ3n) is 3.44. The summed E-state index contributed by atoms with van der Waals surface area (Å²) in [5, 5.41) is 0. The lowest BCUT2D eigenvalue weighted by atomic mass is 9.88. The van der Waals surface area contributed by atoms with Crippen molar-refractivity contribution in [3.8, 4) is 0 Å². The molecule has 0 spiro atoms. The monoisotopic (exact) mass is 245 g/mol. The lowest BCUT2D eigenvalue weighted by Gasteiger charge is -2.22. The predicted octanol–water partition coefficient (Wildman–Crippen LogP) is 2.71. The van der Waals surface area contributed by atoms with E-state index < -0.39 is 5.41 Å². The van der Waals surface area contributed by atoms with Crippen LogP contribution in [0.25, 0.3) is 11.0 Å². The lowest BCUT2D eigenvalue weighted by Crippen LogP contribution is -2.30. The molecule has 0 aliphatic carbocycles. The quantitative estimate of drug-likeness (QED) is 0.832. The third kappa shape index (κ3) is 1.92. The number of ketones is 1. The van der Waals surface area contributed by atoms with E-state index in [1.807, 2.05) is 19.9 Å². The zero-order chi connectivity index (χ0) is 13.3. The summed E-state index contributed by atoms with van der Waals surface area (Å²) in [5.74, 6) is 0.961. The number of hydrogen-bond acceptors (Lipinski definition) is 3. The molecule has 0 saturated carbocycles. The molecule has 2 heterocycles. The number of rotatable bonds is 4. The molecule has 2 rings (SSSR count). The van der Waals surface area contributed by atoms with Crippen molar-refractivity contribution in [2.75, 3.05) is 0 Å². The Bertz CT molecular complexity index is 584. The van der Waals surface area contributed by atoms with Crippen LogP contribution in [0.2, 0.25) is 0 Å². The summed E-state index contributed by atoms with van der Waals surface area (Å²) in [5.41, 5.74) is 1.35. The number of Topliss-reactive ketones (excluding diaryl/α,β-unsaturated/α-hetero) is 1. The first-order chi connectivity index (χ1) is 8.48. The molecule has 18 heavy (non-hydrogen) atoms. The Morgan fingerprint density at radius 2 is 2.17 bits per heavy atom. The Morgan fingerprint density at radius 3 is 2.78 bits per heavy atom. The number of pyridine rings is 1. The summed E-state index contributed by atoms with van der Waals surface area (Å²) in [6.07, 6.45) is 4.52. The lowest BCUT2D eigenvalue weighted by molar-refractivity contribution is -0.121. The summed E-state index contributed by atoms with van der Waals surface area (Å²) in [7, 11) is 0. The molecule has 0 atom stereocenters. The summed E-state index contributed by atoms with van der Waals surface area (Å²) in [4.78, 5) is 20.5. The molecule has 0 aliphatic heterocycles. The van der Waals surface area contributed by atoms with Crippen molar-refractivity contribution in [1.82, 2.24) is 14.5 Å². The van der Waals surface area contributed by atoms with Crippen molar-refractivity contribution < 1.29 is 4.79 Å². The molecule has 96 valence electrons. The average molecular weight is 245 g/mol. The Balaban J connectivity index is 2.70. The minimum Gasteiger partial charge on any atom is -0.327 e. The van der Waals surface area contributed by atoms with E-state index in [2.05, 4.69) is 21.5 Å². The van der Waals surface area contributed by atoms with E-state index in [9.17, 15) is 4.79 Å². The number of carbonyl (C=O) groups is 1. The molecule has 4 nitrogen and oxygen atoms in total. The van der Waals surface area contributed by atoms with Gasteiger partial charge in [-0.25, -0.2) is 4.98 Å². The number of nitrogens with zero attached hydrogens (tertiary/aromatic N) is 3. The van der Waals surface area contributed by atoms with Gasteiger partial charge in [0.05, 0.1) is 17.1 Å². The molecule has 0 N–H and O–H groups in total. The van der Waals surface area contributed by atoms with E-state index in [0.29, 0.717) is 0 Å². The van der Waals surface area contributed by atoms with Crippen LogP contribution in [0.4, 0.5) is 0 Å². The van der Waals surface area contributed by atoms with E-state index in [-0.39, 0.29) is 5.78 Å². The van der Waals surface area contributed by atoms with E-state index in [4.69, 9.17) is 0 Å². The van der Waals surface area contributed by atoms with Crippen molar-refractivity contribution >= 4 is 16.8 Å². The number of aryl methyl sites for hydroxylation is 1. The SMILES string of the molecule is CCCn1c(C(C)(C)C(C)=O)nc2cnccc21. The molecular formula is C14H19N3O. The standard InChI is InChI=1S/C14H19N3O/c1-5-8-17-12-6-7-15-9-11(12)16-13(17)14(3,4)10(2)18/h6-7,9H,5,8H2,1-4H3. The maximum Gasteiger partial charge on any atom is 0.142 e. The van der Waals surface area contributed by atoms with Crippen LogP contribution in [0.15, 0.2) is 18.5 Å². The summed E-state index contributed by atoms with van der Waals surface area (Å²) >= 11 is 0. The topological polar surface area (TPSA) is 47.8 Å². The largest absolute Gasteiger partial charge is 0.327 e. The van der Waals surface area contributed by atoms with Gasteiger partial charge in [-0.2, -0.15) is 0 Å². The molecule has 0 aliphatic rings. The van der Waals surface area contributed by atoms with Crippen LogP contribution in [0.5, 0.6) is 0 Å². The molecular weight excluding hydrogens is 226 g/mol. The molecule has 2 aromatic rings. The fourth-order valence-corrected chi connectivity index (χ4v) is 2.07. The summed E-state index contributed by atoms with van der Waals surface area (Å²) in [6.45, 7) is 8.46. The van der Waals surface area contributed by atoms with Gasteiger partial charge in [-0.05, 0) is 33.3 Å². The average Bonchev–Trinajstić information content (AvgIpc) is 2.69. The highest BCUT2D eigenvalue weighted by atomic mass is 16.1. The zero-order valence-electron chi connectivity index (χ0n) is 11.4. The number of fused-ring (bicyclic) bond motifs is 1. The van der Waals surface area contributed by atoms with Crippen molar-refractivity contribution in [2.45, 2.75) is 46.1 Å². The van der Waals surface area contributed by atoms with Crippen LogP contribution in [-0.4, -0.2) is 20.3 Å². The van der Waals surface area contributed by atoms with Gasteiger partial charge in [0.1, 0.15) is 17.1 Å². The van der Waals surface area contributed by atoms with E-state index >= 15 is 0 Å². The van der Waals surface area contributed by atoms with Gasteiger partial charge in [0.25, 0.3) is 0 Å². The van der Waals surface area contributed by atoms with Gasteiger partial charge in [0.2, 0.25) is 0 Å². The van der Waals surface area contributed by atoms with Crippen LogP contribution in [-0.2, 0) is 16.8 Å². The molecule has 0 bridgehead atoms. The molecule has 0 aromatic carbocycles. The first kappa shape index (κ1) is 12.7. The van der Waals surface area contributed by atoms with Gasteiger partial charge in [-0.1, -0.05) is 6.92 Å². The smallest absolute Gasteiger partial charge is 0.142 e. The van der Waals surface area contributed by atoms with Gasteiger partial charge in [-0.3, -0.25) is 9.78 Å². The second-order valence-corrected chi connectivity index (χ2v) is 5.13. The van der Waals surface area contributed by atoms with Crippen molar-refractivity contribution in [1.29, 1.82) is 0 Å². The maximum atomic E-state index is 11.8. The van der Waals surface area contributed by atoms with Crippen LogP contribution in [0, 0.1) is 0 Å². The minimum absolute atomic E-state index is 0.128. The van der Waals surface area contributed by atoms with E-state index in [1.54, 1.807) is 19.3 Å². The fraction of sp³-hybridized carbons (Fsp3) is 0.500. The molecule has 0 fully saturated rings. The Hall–Kier alpha value is -1.71. The highest BCUT2D eigenvalue weighted by Crippen LogP contribution is 2.27. The maximum absolute atomic E-state index is 11.8. The van der Waals surface area contributed by atoms with Gasteiger partial charge in [0.15, 0.2) is 0 Å². The summed E-state index contributed by atoms with van der Waals surface area (Å²) < 4.78 is 2.14. The first-order valence-electron chi connectivity index (χ1n) is 6.30. The van der Waals surface area contributed by atoms with Crippen LogP contribution >= 0.6 is 0 Å². The Morgan fingerprint density at radius 1 is 1.44 bits per heavy atom. The summed E-state index contributed by atoms with van der Waals surface area (Å²) in [6, 6.07) is 1.96. The van der Waals surface area contributed by atoms with Crippen LogP contribution in [0.1, 0.15) is 39.9 Å². The molecule has 0 unspecified atom stereocenters. The number of carbonyl (C=O) groups excluding carboxylic acids is 1. The second-order valence-electron chi connectivity index (χ2n) is 5.13. The molecule has 4 heteroatoms. The second kappa shape index (κ2) is 4.52. The Labute approximate surface area is 107 Å². The zero-order valence-corrected chi connectivity index (χ0v) is 11.4. The van der Waals surface area contributed by atoms with E-state index in [1.165, 1.54) is 0 Å². The van der Waals surface area contributed by atoms with Crippen molar-refractivity contribution in [3.63, 3.8) is 0 Å². The van der Waals surface area contributed by atoms with Gasteiger partial charge < -0.3 is 4.57 Å². The first-order valence-corrected chi connectivity index (χ1v) is 6.30. The van der Waals surface area contributed by atoms with E-state index in [0.717, 1.165) is 29.8 Å². The predicted molar refractivity (Wildman–Crippen MR) is 71.5 cm³/mol. The van der Waals surface area contributed by atoms with Crippen molar-refractivity contribution in [2.24, 2.45) is 0 Å². The molecule has 2 aromatic heterocycles. The van der Waals surface area contributed by atoms with Crippen LogP contribution < -0.4 is 0 Å². The highest BCUT2D eigenvalue weighted by molar-refractivity contribution is 5.87. The van der Waals surface area contributed by atoms with Gasteiger partial charge in [0, 0.05) is 12.7 Å². The molecule has 0 radical (unpaired) electrons. The highest BCUT2D eigenvalue weighted by Gasteiger charge is 2.32. The van der Waals surface area contributed by atoms with Gasteiger partial charge >= 0.3 is 0 Å². The number of aromatic nitrogens is 3.